The number of pyridine rings is 1. The molecule has 0 aliphatic carbocycles. The van der Waals surface area contributed by atoms with Crippen molar-refractivity contribution in [3.05, 3.63) is 29.6 Å². The van der Waals surface area contributed by atoms with Crippen LogP contribution >= 0.6 is 12.2 Å². The van der Waals surface area contributed by atoms with Crippen LogP contribution in [0.15, 0.2) is 18.3 Å². The van der Waals surface area contributed by atoms with Crippen molar-refractivity contribution in [3.63, 3.8) is 0 Å². The molecule has 5 nitrogen and oxygen atoms in total. The Kier molecular flexibility index (Phi) is 6.54. The molecule has 0 amide bonds. The molecule has 0 unspecified atom stereocenters. The fourth-order valence-electron chi connectivity index (χ4n) is 1.74. The quantitative estimate of drug-likeness (QED) is 0.610. The number of rotatable bonds is 7. The molecule has 1 aromatic heterocycles. The summed E-state index contributed by atoms with van der Waals surface area (Å²) in [5.41, 5.74) is 6.89. The lowest BCUT2D eigenvalue weighted by molar-refractivity contribution is 0.0600. The monoisotopic (exact) mass is 295 g/mol. The van der Waals surface area contributed by atoms with E-state index < -0.39 is 0 Å². The number of carbonyl (C=O) groups is 1. The largest absolute Gasteiger partial charge is 0.465 e. The molecule has 20 heavy (non-hydrogen) atoms. The van der Waals surface area contributed by atoms with Gasteiger partial charge in [-0.25, -0.2) is 4.79 Å². The van der Waals surface area contributed by atoms with Crippen molar-refractivity contribution in [1.29, 1.82) is 0 Å². The maximum Gasteiger partial charge on any atom is 0.339 e. The van der Waals surface area contributed by atoms with Gasteiger partial charge in [0, 0.05) is 31.7 Å². The fraction of sp³-hybridized carbons (Fsp3) is 0.500. The van der Waals surface area contributed by atoms with Gasteiger partial charge in [-0.15, -0.1) is 0 Å². The summed E-state index contributed by atoms with van der Waals surface area (Å²) >= 11 is 4.91. The highest BCUT2D eigenvalue weighted by molar-refractivity contribution is 7.80. The lowest BCUT2D eigenvalue weighted by Crippen LogP contribution is -2.33. The third-order valence-electron chi connectivity index (χ3n) is 2.99. The number of thiocarbonyl (C=S) groups is 1. The van der Waals surface area contributed by atoms with Gasteiger partial charge in [0.25, 0.3) is 0 Å². The minimum absolute atomic E-state index is 0.367. The van der Waals surface area contributed by atoms with Gasteiger partial charge in [-0.3, -0.25) is 9.88 Å². The molecular formula is C14H21N3O2S. The molecular weight excluding hydrogens is 274 g/mol. The van der Waals surface area contributed by atoms with Crippen molar-refractivity contribution < 1.29 is 9.53 Å². The zero-order chi connectivity index (χ0) is 15.1. The van der Waals surface area contributed by atoms with E-state index in [2.05, 4.69) is 28.5 Å². The molecule has 0 radical (unpaired) electrons. The first-order valence-electron chi connectivity index (χ1n) is 6.49. The van der Waals surface area contributed by atoms with Crippen LogP contribution in [-0.4, -0.2) is 40.5 Å². The third-order valence-corrected chi connectivity index (χ3v) is 3.19. The first-order valence-corrected chi connectivity index (χ1v) is 6.90. The van der Waals surface area contributed by atoms with Gasteiger partial charge in [-0.05, 0) is 26.0 Å². The van der Waals surface area contributed by atoms with E-state index in [1.165, 1.54) is 13.3 Å². The van der Waals surface area contributed by atoms with Crippen LogP contribution in [0.5, 0.6) is 0 Å². The van der Waals surface area contributed by atoms with E-state index in [9.17, 15) is 4.79 Å². The van der Waals surface area contributed by atoms with Crippen LogP contribution in [0, 0.1) is 0 Å². The highest BCUT2D eigenvalue weighted by Gasteiger charge is 2.12. The van der Waals surface area contributed by atoms with Gasteiger partial charge in [-0.2, -0.15) is 0 Å². The molecule has 1 heterocycles. The van der Waals surface area contributed by atoms with Gasteiger partial charge in [0.2, 0.25) is 0 Å². The van der Waals surface area contributed by atoms with Gasteiger partial charge in [-0.1, -0.05) is 12.2 Å². The Hall–Kier alpha value is -1.53. The number of hydrogen-bond acceptors (Lipinski definition) is 5. The predicted molar refractivity (Wildman–Crippen MR) is 82.5 cm³/mol. The SMILES string of the molecule is COC(=O)c1ccc(CN(CCC(N)=S)C(C)C)nc1. The molecule has 0 aliphatic rings. The van der Waals surface area contributed by atoms with Crippen molar-refractivity contribution in [2.45, 2.75) is 32.9 Å². The first-order chi connectivity index (χ1) is 9.43. The van der Waals surface area contributed by atoms with E-state index >= 15 is 0 Å². The number of hydrogen-bond donors (Lipinski definition) is 1. The van der Waals surface area contributed by atoms with Crippen LogP contribution in [0.1, 0.15) is 36.3 Å². The molecule has 1 aromatic rings. The molecule has 0 fully saturated rings. The smallest absolute Gasteiger partial charge is 0.339 e. The van der Waals surface area contributed by atoms with Crippen LogP contribution in [0.25, 0.3) is 0 Å². The number of carbonyl (C=O) groups excluding carboxylic acids is 1. The van der Waals surface area contributed by atoms with Crippen LogP contribution in [-0.2, 0) is 11.3 Å². The van der Waals surface area contributed by atoms with E-state index in [4.69, 9.17) is 18.0 Å². The van der Waals surface area contributed by atoms with Gasteiger partial charge in [0.05, 0.1) is 23.4 Å². The van der Waals surface area contributed by atoms with Gasteiger partial charge in [0.1, 0.15) is 0 Å². The fourth-order valence-corrected chi connectivity index (χ4v) is 1.83. The van der Waals surface area contributed by atoms with Crippen molar-refractivity contribution >= 4 is 23.2 Å². The van der Waals surface area contributed by atoms with E-state index in [0.29, 0.717) is 29.6 Å². The summed E-state index contributed by atoms with van der Waals surface area (Å²) in [5.74, 6) is -0.377. The second-order valence-corrected chi connectivity index (χ2v) is 5.33. The van der Waals surface area contributed by atoms with E-state index in [0.717, 1.165) is 12.2 Å². The third kappa shape index (κ3) is 5.22. The number of ether oxygens (including phenoxy) is 1. The highest BCUT2D eigenvalue weighted by atomic mass is 32.1. The number of nitrogens with zero attached hydrogens (tertiary/aromatic N) is 2. The minimum Gasteiger partial charge on any atom is -0.465 e. The molecule has 0 atom stereocenters. The normalized spacial score (nSPS) is 10.8. The topological polar surface area (TPSA) is 68.5 Å². The summed E-state index contributed by atoms with van der Waals surface area (Å²) in [7, 11) is 1.35. The summed E-state index contributed by atoms with van der Waals surface area (Å²) in [6.45, 7) is 5.72. The molecule has 0 bridgehead atoms. The second kappa shape index (κ2) is 7.91. The second-order valence-electron chi connectivity index (χ2n) is 4.81. The van der Waals surface area contributed by atoms with E-state index in [1.807, 2.05) is 6.07 Å². The molecule has 0 saturated heterocycles. The van der Waals surface area contributed by atoms with Crippen LogP contribution < -0.4 is 5.73 Å². The average molecular weight is 295 g/mol. The molecule has 0 spiro atoms. The standard InChI is InChI=1S/C14H21N3O2S/c1-10(2)17(7-6-13(15)20)9-12-5-4-11(8-16-12)14(18)19-3/h4-5,8,10H,6-7,9H2,1-3H3,(H2,15,20). The van der Waals surface area contributed by atoms with Crippen molar-refractivity contribution in [2.75, 3.05) is 13.7 Å². The van der Waals surface area contributed by atoms with E-state index in [1.54, 1.807) is 6.07 Å². The molecule has 6 heteroatoms. The predicted octanol–water partition coefficient (Wildman–Crippen LogP) is 1.75. The summed E-state index contributed by atoms with van der Waals surface area (Å²) < 4.78 is 4.64. The Balaban J connectivity index is 2.68. The molecule has 110 valence electrons. The van der Waals surface area contributed by atoms with Gasteiger partial charge in [0.15, 0.2) is 0 Å². The molecule has 0 aliphatic heterocycles. The lowest BCUT2D eigenvalue weighted by Gasteiger charge is -2.25. The minimum atomic E-state index is -0.377. The van der Waals surface area contributed by atoms with Gasteiger partial charge >= 0.3 is 5.97 Å². The molecule has 2 N–H and O–H groups in total. The van der Waals surface area contributed by atoms with Crippen LogP contribution in [0.2, 0.25) is 0 Å². The summed E-state index contributed by atoms with van der Waals surface area (Å²) in [4.78, 5) is 18.4. The Morgan fingerprint density at radius 3 is 2.65 bits per heavy atom. The van der Waals surface area contributed by atoms with Gasteiger partial charge < -0.3 is 10.5 Å². The molecule has 1 rings (SSSR count). The molecule has 0 saturated carbocycles. The zero-order valence-electron chi connectivity index (χ0n) is 12.1. The number of methoxy groups -OCH3 is 1. The zero-order valence-corrected chi connectivity index (χ0v) is 12.9. The average Bonchev–Trinajstić information content (AvgIpc) is 2.42. The number of nitrogens with two attached hydrogens (primary N) is 1. The number of aromatic nitrogens is 1. The van der Waals surface area contributed by atoms with Crippen molar-refractivity contribution in [2.24, 2.45) is 5.73 Å². The Bertz CT molecular complexity index is 460. The number of esters is 1. The summed E-state index contributed by atoms with van der Waals surface area (Å²) in [6, 6.07) is 3.93. The summed E-state index contributed by atoms with van der Waals surface area (Å²) in [5, 5.41) is 0. The van der Waals surface area contributed by atoms with Crippen LogP contribution in [0.4, 0.5) is 0 Å². The molecule has 0 aromatic carbocycles. The van der Waals surface area contributed by atoms with Crippen molar-refractivity contribution in [1.82, 2.24) is 9.88 Å². The Morgan fingerprint density at radius 1 is 1.50 bits per heavy atom. The maximum absolute atomic E-state index is 11.3. The van der Waals surface area contributed by atoms with E-state index in [-0.39, 0.29) is 5.97 Å². The first kappa shape index (κ1) is 16.5. The maximum atomic E-state index is 11.3. The van der Waals surface area contributed by atoms with Crippen molar-refractivity contribution in [3.8, 4) is 0 Å². The summed E-state index contributed by atoms with van der Waals surface area (Å²) in [6.07, 6.45) is 2.22. The van der Waals surface area contributed by atoms with Crippen LogP contribution in [0.3, 0.4) is 0 Å². The lowest BCUT2D eigenvalue weighted by atomic mass is 10.2. The Labute approximate surface area is 125 Å². The highest BCUT2D eigenvalue weighted by Crippen LogP contribution is 2.09. The Morgan fingerprint density at radius 2 is 2.20 bits per heavy atom.